The van der Waals surface area contributed by atoms with E-state index in [9.17, 15) is 40.3 Å². The minimum absolute atomic E-state index is 0.0961. The van der Waals surface area contributed by atoms with Crippen molar-refractivity contribution in [1.82, 2.24) is 5.32 Å². The maximum absolute atomic E-state index is 14.3. The van der Waals surface area contributed by atoms with Crippen molar-refractivity contribution in [3.63, 3.8) is 0 Å². The highest BCUT2D eigenvalue weighted by Crippen LogP contribution is 2.55. The molecule has 0 bridgehead atoms. The van der Waals surface area contributed by atoms with E-state index in [0.717, 1.165) is 6.07 Å². The molecule has 1 amide bonds. The van der Waals surface area contributed by atoms with Gasteiger partial charge in [0, 0.05) is 11.5 Å². The molecule has 2 unspecified atom stereocenters. The Kier molecular flexibility index (Phi) is 5.53. The molecular weight excluding hydrogens is 423 g/mol. The lowest BCUT2D eigenvalue weighted by Crippen LogP contribution is -2.50. The Hall–Kier alpha value is -2.33. The van der Waals surface area contributed by atoms with Crippen molar-refractivity contribution in [2.45, 2.75) is 49.6 Å². The van der Waals surface area contributed by atoms with Crippen LogP contribution in [0.3, 0.4) is 0 Å². The minimum atomic E-state index is -6.17. The van der Waals surface area contributed by atoms with E-state index in [1.807, 2.05) is 0 Å². The summed E-state index contributed by atoms with van der Waals surface area (Å²) in [5, 5.41) is 11.0. The third-order valence-electron chi connectivity index (χ3n) is 6.04. The van der Waals surface area contributed by atoms with Crippen LogP contribution < -0.4 is 5.32 Å². The van der Waals surface area contributed by atoms with Gasteiger partial charge in [0.1, 0.15) is 6.54 Å². The van der Waals surface area contributed by atoms with Gasteiger partial charge in [-0.1, -0.05) is 18.2 Å². The number of carboxylic acids is 1. The lowest BCUT2D eigenvalue weighted by molar-refractivity contribution is -0.348. The van der Waals surface area contributed by atoms with Gasteiger partial charge in [-0.05, 0) is 48.6 Å². The smallest absolute Gasteiger partial charge is 0.435 e. The Morgan fingerprint density at radius 1 is 1.00 bits per heavy atom. The molecule has 2 N–H and O–H groups in total. The van der Waals surface area contributed by atoms with Crippen molar-refractivity contribution < 1.29 is 45.4 Å². The summed E-state index contributed by atoms with van der Waals surface area (Å²) >= 11 is 0. The molecule has 3 rings (SSSR count). The molecule has 30 heavy (non-hydrogen) atoms. The lowest BCUT2D eigenvalue weighted by Gasteiger charge is -2.34. The van der Waals surface area contributed by atoms with Crippen LogP contribution >= 0.6 is 0 Å². The number of aliphatic carboxylic acids is 1. The summed E-state index contributed by atoms with van der Waals surface area (Å²) in [4.78, 5) is 22.9. The SMILES string of the molecule is O=C(O)CNC(=O)[C@@H]1CCC2c3ccc(C(F)(C(F)(F)F)C(F)(F)F)cc3CCC21. The molecule has 0 heterocycles. The second-order valence-electron chi connectivity index (χ2n) is 7.67. The van der Waals surface area contributed by atoms with Crippen LogP contribution in [0, 0.1) is 11.8 Å². The van der Waals surface area contributed by atoms with Gasteiger partial charge in [0.2, 0.25) is 5.91 Å². The number of hydrogen-bond donors (Lipinski definition) is 2. The maximum atomic E-state index is 14.3. The van der Waals surface area contributed by atoms with E-state index >= 15 is 0 Å². The Morgan fingerprint density at radius 2 is 1.63 bits per heavy atom. The van der Waals surface area contributed by atoms with Gasteiger partial charge in [-0.2, -0.15) is 26.3 Å². The molecule has 0 aliphatic heterocycles. The van der Waals surface area contributed by atoms with Gasteiger partial charge in [-0.15, -0.1) is 0 Å². The molecule has 1 fully saturated rings. The Bertz CT molecular complexity index is 836. The second kappa shape index (κ2) is 7.42. The van der Waals surface area contributed by atoms with Crippen molar-refractivity contribution in [2.24, 2.45) is 11.8 Å². The number of alkyl halides is 7. The predicted molar refractivity (Wildman–Crippen MR) is 89.3 cm³/mol. The maximum Gasteiger partial charge on any atom is 0.435 e. The second-order valence-corrected chi connectivity index (χ2v) is 7.67. The third kappa shape index (κ3) is 3.62. The fourth-order valence-electron chi connectivity index (χ4n) is 4.68. The number of aryl methyl sites for hydroxylation is 1. The summed E-state index contributed by atoms with van der Waals surface area (Å²) in [6.07, 6.45) is -11.0. The van der Waals surface area contributed by atoms with Crippen LogP contribution in [0.15, 0.2) is 18.2 Å². The van der Waals surface area contributed by atoms with Crippen molar-refractivity contribution >= 4 is 11.9 Å². The van der Waals surface area contributed by atoms with Crippen LogP contribution in [-0.2, 0) is 21.7 Å². The van der Waals surface area contributed by atoms with Crippen LogP contribution in [-0.4, -0.2) is 35.9 Å². The first-order valence-electron chi connectivity index (χ1n) is 9.22. The zero-order valence-electron chi connectivity index (χ0n) is 15.4. The van der Waals surface area contributed by atoms with Crippen molar-refractivity contribution in [3.05, 3.63) is 34.9 Å². The van der Waals surface area contributed by atoms with Crippen LogP contribution in [0.2, 0.25) is 0 Å². The molecule has 2 aliphatic rings. The van der Waals surface area contributed by atoms with E-state index in [0.29, 0.717) is 37.0 Å². The van der Waals surface area contributed by atoms with Crippen molar-refractivity contribution in [3.8, 4) is 0 Å². The van der Waals surface area contributed by atoms with Gasteiger partial charge in [0.05, 0.1) is 0 Å². The number of amides is 1. The lowest BCUT2D eigenvalue weighted by atomic mass is 9.73. The monoisotopic (exact) mass is 441 g/mol. The number of carbonyl (C=O) groups is 2. The molecule has 4 nitrogen and oxygen atoms in total. The van der Waals surface area contributed by atoms with Gasteiger partial charge >= 0.3 is 24.0 Å². The fourth-order valence-corrected chi connectivity index (χ4v) is 4.68. The van der Waals surface area contributed by atoms with Crippen LogP contribution in [0.1, 0.15) is 41.9 Å². The average Bonchev–Trinajstić information content (AvgIpc) is 3.07. The molecule has 3 atom stereocenters. The van der Waals surface area contributed by atoms with Crippen LogP contribution in [0.4, 0.5) is 30.7 Å². The van der Waals surface area contributed by atoms with Crippen LogP contribution in [0.25, 0.3) is 0 Å². The highest BCUT2D eigenvalue weighted by Gasteiger charge is 2.73. The average molecular weight is 441 g/mol. The van der Waals surface area contributed by atoms with Crippen molar-refractivity contribution in [2.75, 3.05) is 6.54 Å². The fraction of sp³-hybridized carbons (Fsp3) is 0.579. The quantitative estimate of drug-likeness (QED) is 0.688. The summed E-state index contributed by atoms with van der Waals surface area (Å²) in [6.45, 7) is -0.542. The summed E-state index contributed by atoms with van der Waals surface area (Å²) < 4.78 is 92.5. The minimum Gasteiger partial charge on any atom is -0.480 e. The zero-order chi connectivity index (χ0) is 22.5. The molecule has 0 saturated heterocycles. The molecule has 1 aromatic rings. The number of rotatable bonds is 4. The van der Waals surface area contributed by atoms with Gasteiger partial charge in [0.25, 0.3) is 0 Å². The first-order chi connectivity index (χ1) is 13.8. The zero-order valence-corrected chi connectivity index (χ0v) is 15.4. The van der Waals surface area contributed by atoms with Crippen LogP contribution in [0.5, 0.6) is 0 Å². The van der Waals surface area contributed by atoms with E-state index in [1.165, 1.54) is 0 Å². The largest absolute Gasteiger partial charge is 0.480 e. The number of nitrogens with one attached hydrogen (secondary N) is 1. The van der Waals surface area contributed by atoms with Gasteiger partial charge in [0.15, 0.2) is 0 Å². The molecule has 11 heteroatoms. The predicted octanol–water partition coefficient (Wildman–Crippen LogP) is 4.23. The molecule has 1 aromatic carbocycles. The first-order valence-corrected chi connectivity index (χ1v) is 9.22. The van der Waals surface area contributed by atoms with E-state index in [1.54, 1.807) is 0 Å². The molecule has 2 aliphatic carbocycles. The Labute approximate surface area is 166 Å². The summed E-state index contributed by atoms with van der Waals surface area (Å²) in [5.74, 6) is -2.62. The normalized spacial score (nSPS) is 24.2. The number of fused-ring (bicyclic) bond motifs is 3. The number of hydrogen-bond acceptors (Lipinski definition) is 2. The molecule has 166 valence electrons. The third-order valence-corrected chi connectivity index (χ3v) is 6.04. The highest BCUT2D eigenvalue weighted by atomic mass is 19.4. The first kappa shape index (κ1) is 22.4. The number of carboxylic acid groups (broad SMARTS) is 1. The number of benzene rings is 1. The number of carbonyl (C=O) groups excluding carboxylic acids is 1. The standard InChI is InChI=1S/C19H18F7NO3/c20-17(18(21,22)23,19(24,25)26)10-2-4-11-9(7-10)1-3-13-12(11)5-6-14(13)16(30)27-8-15(28)29/h2,4,7,12-14H,1,3,5-6,8H2,(H,27,30)(H,28,29)/t12?,13?,14-/m1/s1. The molecule has 0 spiro atoms. The molecule has 0 radical (unpaired) electrons. The number of halogens is 7. The van der Waals surface area contributed by atoms with Crippen molar-refractivity contribution in [1.29, 1.82) is 0 Å². The summed E-state index contributed by atoms with van der Waals surface area (Å²) in [6, 6.07) is 2.23. The highest BCUT2D eigenvalue weighted by molar-refractivity contribution is 5.83. The van der Waals surface area contributed by atoms with E-state index in [2.05, 4.69) is 5.32 Å². The van der Waals surface area contributed by atoms with Gasteiger partial charge in [-0.25, -0.2) is 4.39 Å². The Morgan fingerprint density at radius 3 is 2.20 bits per heavy atom. The molecule has 1 saturated carbocycles. The van der Waals surface area contributed by atoms with E-state index in [-0.39, 0.29) is 23.8 Å². The topological polar surface area (TPSA) is 66.4 Å². The molecule has 0 aromatic heterocycles. The summed E-state index contributed by atoms with van der Waals surface area (Å²) in [7, 11) is 0. The Balaban J connectivity index is 1.89. The molecular formula is C19H18F7NO3. The van der Waals surface area contributed by atoms with E-state index in [4.69, 9.17) is 5.11 Å². The van der Waals surface area contributed by atoms with E-state index < -0.39 is 47.9 Å². The summed E-state index contributed by atoms with van der Waals surface area (Å²) in [5.41, 5.74) is -6.26. The van der Waals surface area contributed by atoms with Gasteiger partial charge in [-0.3, -0.25) is 9.59 Å². The van der Waals surface area contributed by atoms with Gasteiger partial charge < -0.3 is 10.4 Å².